The first-order valence-corrected chi connectivity index (χ1v) is 10.2. The van der Waals surface area contributed by atoms with Crippen molar-refractivity contribution >= 4 is 23.2 Å². The van der Waals surface area contributed by atoms with Gasteiger partial charge in [-0.15, -0.1) is 0 Å². The van der Waals surface area contributed by atoms with Crippen molar-refractivity contribution in [1.29, 1.82) is 0 Å². The minimum absolute atomic E-state index is 0.109. The molecule has 31 heavy (non-hydrogen) atoms. The molecule has 5 nitrogen and oxygen atoms in total. The van der Waals surface area contributed by atoms with Gasteiger partial charge in [0.2, 0.25) is 5.91 Å². The molecule has 1 saturated heterocycles. The number of hydrogen-bond donors (Lipinski definition) is 1. The first kappa shape index (κ1) is 20.2. The van der Waals surface area contributed by atoms with Crippen LogP contribution in [0.4, 0.5) is 11.4 Å². The fraction of sp³-hybridized carbons (Fsp3) is 0.154. The third kappa shape index (κ3) is 5.52. The molecule has 0 bridgehead atoms. The molecule has 1 heterocycles. The molecular weight excluding hydrogens is 388 g/mol. The van der Waals surface area contributed by atoms with Crippen LogP contribution < -0.4 is 15.0 Å². The molecule has 0 atom stereocenters. The Bertz CT molecular complexity index is 1130. The van der Waals surface area contributed by atoms with Crippen molar-refractivity contribution in [3.63, 3.8) is 0 Å². The minimum Gasteiger partial charge on any atom is -0.484 e. The molecule has 0 radical (unpaired) electrons. The monoisotopic (exact) mass is 410 g/mol. The van der Waals surface area contributed by atoms with Crippen molar-refractivity contribution in [2.45, 2.75) is 12.8 Å². The van der Waals surface area contributed by atoms with E-state index in [1.165, 1.54) is 0 Å². The molecule has 3 aromatic carbocycles. The zero-order valence-corrected chi connectivity index (χ0v) is 17.0. The Morgan fingerprint density at radius 1 is 0.935 bits per heavy atom. The van der Waals surface area contributed by atoms with E-state index in [0.717, 1.165) is 29.8 Å². The second kappa shape index (κ2) is 9.64. The molecule has 0 saturated carbocycles. The predicted molar refractivity (Wildman–Crippen MR) is 121 cm³/mol. The quantitative estimate of drug-likeness (QED) is 0.641. The van der Waals surface area contributed by atoms with Crippen LogP contribution in [0.5, 0.6) is 5.75 Å². The van der Waals surface area contributed by atoms with Crippen LogP contribution in [0.3, 0.4) is 0 Å². The lowest BCUT2D eigenvalue weighted by atomic mass is 10.1. The van der Waals surface area contributed by atoms with E-state index in [2.05, 4.69) is 17.2 Å². The highest BCUT2D eigenvalue weighted by Gasteiger charge is 2.21. The smallest absolute Gasteiger partial charge is 0.262 e. The lowest BCUT2D eigenvalue weighted by Gasteiger charge is -2.16. The summed E-state index contributed by atoms with van der Waals surface area (Å²) in [4.78, 5) is 25.9. The van der Waals surface area contributed by atoms with Crippen molar-refractivity contribution in [2.24, 2.45) is 0 Å². The molecule has 0 spiro atoms. The minimum atomic E-state index is -0.257. The van der Waals surface area contributed by atoms with Crippen LogP contribution in [-0.2, 0) is 9.59 Å². The summed E-state index contributed by atoms with van der Waals surface area (Å²) >= 11 is 0. The summed E-state index contributed by atoms with van der Waals surface area (Å²) in [7, 11) is 0. The number of ether oxygens (including phenoxy) is 1. The van der Waals surface area contributed by atoms with E-state index in [1.807, 2.05) is 66.7 Å². The fourth-order valence-corrected chi connectivity index (χ4v) is 3.33. The van der Waals surface area contributed by atoms with E-state index >= 15 is 0 Å². The molecule has 3 aromatic rings. The third-order valence-electron chi connectivity index (χ3n) is 4.86. The Labute approximate surface area is 181 Å². The van der Waals surface area contributed by atoms with Crippen molar-refractivity contribution in [3.8, 4) is 17.6 Å². The summed E-state index contributed by atoms with van der Waals surface area (Å²) in [5.74, 6) is 6.67. The molecule has 0 unspecified atom stereocenters. The van der Waals surface area contributed by atoms with Gasteiger partial charge in [0.15, 0.2) is 6.61 Å². The first-order chi connectivity index (χ1) is 15.2. The average Bonchev–Trinajstić information content (AvgIpc) is 3.23. The van der Waals surface area contributed by atoms with Gasteiger partial charge in [-0.05, 0) is 61.0 Å². The van der Waals surface area contributed by atoms with Crippen LogP contribution in [0.25, 0.3) is 0 Å². The van der Waals surface area contributed by atoms with E-state index in [0.29, 0.717) is 17.9 Å². The summed E-state index contributed by atoms with van der Waals surface area (Å²) < 4.78 is 5.58. The zero-order chi connectivity index (χ0) is 21.5. The molecular formula is C26H22N2O3. The molecule has 0 aromatic heterocycles. The van der Waals surface area contributed by atoms with Crippen molar-refractivity contribution in [1.82, 2.24) is 0 Å². The van der Waals surface area contributed by atoms with Gasteiger partial charge < -0.3 is 15.0 Å². The lowest BCUT2D eigenvalue weighted by Crippen LogP contribution is -2.23. The summed E-state index contributed by atoms with van der Waals surface area (Å²) in [6.45, 7) is 0.637. The molecule has 2 amide bonds. The van der Waals surface area contributed by atoms with E-state index in [1.54, 1.807) is 17.0 Å². The summed E-state index contributed by atoms with van der Waals surface area (Å²) in [5.41, 5.74) is 3.27. The van der Waals surface area contributed by atoms with Gasteiger partial charge in [0, 0.05) is 35.5 Å². The number of benzene rings is 3. The summed E-state index contributed by atoms with van der Waals surface area (Å²) in [6.07, 6.45) is 1.48. The van der Waals surface area contributed by atoms with E-state index < -0.39 is 0 Å². The summed E-state index contributed by atoms with van der Waals surface area (Å²) in [5, 5.41) is 2.83. The van der Waals surface area contributed by atoms with Crippen molar-refractivity contribution < 1.29 is 14.3 Å². The van der Waals surface area contributed by atoms with Crippen LogP contribution in [0.2, 0.25) is 0 Å². The van der Waals surface area contributed by atoms with Crippen LogP contribution >= 0.6 is 0 Å². The first-order valence-electron chi connectivity index (χ1n) is 10.2. The number of carbonyl (C=O) groups excluding carboxylic acids is 2. The zero-order valence-electron chi connectivity index (χ0n) is 17.0. The number of nitrogens with one attached hydrogen (secondary N) is 1. The van der Waals surface area contributed by atoms with Gasteiger partial charge in [-0.25, -0.2) is 0 Å². The van der Waals surface area contributed by atoms with Gasteiger partial charge in [0.25, 0.3) is 5.91 Å². The van der Waals surface area contributed by atoms with E-state index in [4.69, 9.17) is 4.74 Å². The van der Waals surface area contributed by atoms with E-state index in [-0.39, 0.29) is 18.4 Å². The molecule has 1 aliphatic rings. The van der Waals surface area contributed by atoms with Crippen LogP contribution in [0.1, 0.15) is 24.0 Å². The third-order valence-corrected chi connectivity index (χ3v) is 4.86. The summed E-state index contributed by atoms with van der Waals surface area (Å²) in [6, 6.07) is 24.4. The number of hydrogen-bond acceptors (Lipinski definition) is 3. The number of nitrogens with zero attached hydrogens (tertiary/aromatic N) is 1. The topological polar surface area (TPSA) is 58.6 Å². The highest BCUT2D eigenvalue weighted by molar-refractivity contribution is 5.95. The highest BCUT2D eigenvalue weighted by Crippen LogP contribution is 2.24. The predicted octanol–water partition coefficient (Wildman–Crippen LogP) is 4.23. The Kier molecular flexibility index (Phi) is 6.29. The van der Waals surface area contributed by atoms with E-state index in [9.17, 15) is 9.59 Å². The molecule has 154 valence electrons. The molecule has 5 heteroatoms. The van der Waals surface area contributed by atoms with Gasteiger partial charge in [0.1, 0.15) is 5.75 Å². The largest absolute Gasteiger partial charge is 0.484 e. The maximum atomic E-state index is 12.3. The Morgan fingerprint density at radius 3 is 2.42 bits per heavy atom. The molecule has 1 fully saturated rings. The maximum Gasteiger partial charge on any atom is 0.262 e. The molecule has 1 N–H and O–H groups in total. The van der Waals surface area contributed by atoms with Gasteiger partial charge in [-0.1, -0.05) is 36.1 Å². The SMILES string of the molecule is O=C(COc1ccc(N2CCCC2=O)cc1)Nc1cccc(C#Cc2ccccc2)c1. The van der Waals surface area contributed by atoms with Gasteiger partial charge in [-0.2, -0.15) is 0 Å². The molecule has 4 rings (SSSR count). The maximum absolute atomic E-state index is 12.3. The number of rotatable bonds is 5. The lowest BCUT2D eigenvalue weighted by molar-refractivity contribution is -0.118. The average molecular weight is 410 g/mol. The van der Waals surface area contributed by atoms with Gasteiger partial charge >= 0.3 is 0 Å². The standard InChI is InChI=1S/C26H22N2O3/c29-25(19-31-24-15-13-23(14-16-24)28-17-5-10-26(28)30)27-22-9-4-8-21(18-22)12-11-20-6-2-1-3-7-20/h1-4,6-9,13-16,18H,5,10,17,19H2,(H,27,29). The highest BCUT2D eigenvalue weighted by atomic mass is 16.5. The fourth-order valence-electron chi connectivity index (χ4n) is 3.33. The van der Waals surface area contributed by atoms with Crippen molar-refractivity contribution in [3.05, 3.63) is 90.0 Å². The van der Waals surface area contributed by atoms with Crippen molar-refractivity contribution in [2.75, 3.05) is 23.4 Å². The van der Waals surface area contributed by atoms with Gasteiger partial charge in [-0.3, -0.25) is 9.59 Å². The van der Waals surface area contributed by atoms with Gasteiger partial charge in [0.05, 0.1) is 0 Å². The second-order valence-corrected chi connectivity index (χ2v) is 7.18. The number of amides is 2. The normalized spacial score (nSPS) is 12.8. The number of carbonyl (C=O) groups is 2. The molecule has 1 aliphatic heterocycles. The number of anilines is 2. The van der Waals surface area contributed by atoms with Crippen LogP contribution in [0, 0.1) is 11.8 Å². The second-order valence-electron chi connectivity index (χ2n) is 7.18. The van der Waals surface area contributed by atoms with Crippen LogP contribution in [-0.4, -0.2) is 25.0 Å². The Balaban J connectivity index is 1.31. The Morgan fingerprint density at radius 2 is 1.68 bits per heavy atom. The van der Waals surface area contributed by atoms with Crippen LogP contribution in [0.15, 0.2) is 78.9 Å². The molecule has 0 aliphatic carbocycles. The Hall–Kier alpha value is -4.04.